The number of aromatic nitrogens is 2. The van der Waals surface area contributed by atoms with Crippen LogP contribution in [0, 0.1) is 0 Å². The molecular formula is C14H10N2O. The van der Waals surface area contributed by atoms with Gasteiger partial charge >= 0.3 is 0 Å². The Morgan fingerprint density at radius 2 is 1.76 bits per heavy atom. The van der Waals surface area contributed by atoms with E-state index in [1.54, 1.807) is 12.1 Å². The summed E-state index contributed by atoms with van der Waals surface area (Å²) in [5.74, 6) is 0. The second kappa shape index (κ2) is 3.87. The van der Waals surface area contributed by atoms with E-state index in [2.05, 4.69) is 5.10 Å². The zero-order valence-electron chi connectivity index (χ0n) is 9.08. The average Bonchev–Trinajstić information content (AvgIpc) is 2.82. The lowest BCUT2D eigenvalue weighted by Gasteiger charge is -2.00. The molecular weight excluding hydrogens is 212 g/mol. The summed E-state index contributed by atoms with van der Waals surface area (Å²) in [6, 6.07) is 15.3. The molecule has 0 aliphatic heterocycles. The Hall–Kier alpha value is -2.42. The van der Waals surface area contributed by atoms with E-state index in [1.165, 1.54) is 0 Å². The number of hydrogen-bond acceptors (Lipinski definition) is 2. The Morgan fingerprint density at radius 3 is 2.47 bits per heavy atom. The van der Waals surface area contributed by atoms with Gasteiger partial charge in [-0.2, -0.15) is 5.10 Å². The van der Waals surface area contributed by atoms with Crippen molar-refractivity contribution in [1.29, 1.82) is 0 Å². The zero-order chi connectivity index (χ0) is 11.7. The van der Waals surface area contributed by atoms with Crippen LogP contribution in [0.3, 0.4) is 0 Å². The van der Waals surface area contributed by atoms with Gasteiger partial charge in [0.2, 0.25) is 0 Å². The number of carbonyl (C=O) groups excluding carboxylic acids is 1. The summed E-state index contributed by atoms with van der Waals surface area (Å²) in [5.41, 5.74) is 2.59. The molecule has 0 fully saturated rings. The highest BCUT2D eigenvalue weighted by molar-refractivity contribution is 5.78. The zero-order valence-corrected chi connectivity index (χ0v) is 9.08. The van der Waals surface area contributed by atoms with Crippen LogP contribution in [0.2, 0.25) is 0 Å². The molecule has 3 aromatic rings. The average molecular weight is 222 g/mol. The minimum atomic E-state index is 0.672. The van der Waals surface area contributed by atoms with Crippen molar-refractivity contribution in [1.82, 2.24) is 9.78 Å². The smallest absolute Gasteiger partial charge is 0.150 e. The van der Waals surface area contributed by atoms with Gasteiger partial charge < -0.3 is 0 Å². The van der Waals surface area contributed by atoms with Gasteiger partial charge in [-0.25, -0.2) is 4.68 Å². The van der Waals surface area contributed by atoms with Crippen LogP contribution >= 0.6 is 0 Å². The Kier molecular flexibility index (Phi) is 2.22. The summed E-state index contributed by atoms with van der Waals surface area (Å²) in [6.45, 7) is 0. The van der Waals surface area contributed by atoms with E-state index in [0.717, 1.165) is 22.9 Å². The van der Waals surface area contributed by atoms with Crippen molar-refractivity contribution in [2.45, 2.75) is 0 Å². The molecule has 0 saturated carbocycles. The first-order valence-electron chi connectivity index (χ1n) is 5.37. The van der Waals surface area contributed by atoms with Gasteiger partial charge in [0.1, 0.15) is 6.29 Å². The minimum absolute atomic E-state index is 0.672. The highest BCUT2D eigenvalue weighted by Crippen LogP contribution is 2.15. The third-order valence-corrected chi connectivity index (χ3v) is 2.71. The van der Waals surface area contributed by atoms with Crippen molar-refractivity contribution in [3.05, 3.63) is 60.3 Å². The molecule has 0 spiro atoms. The van der Waals surface area contributed by atoms with Gasteiger partial charge in [-0.3, -0.25) is 4.79 Å². The van der Waals surface area contributed by atoms with Crippen molar-refractivity contribution in [3.63, 3.8) is 0 Å². The molecule has 1 heterocycles. The largest absolute Gasteiger partial charge is 0.298 e. The fourth-order valence-electron chi connectivity index (χ4n) is 1.80. The van der Waals surface area contributed by atoms with E-state index < -0.39 is 0 Å². The van der Waals surface area contributed by atoms with Crippen LogP contribution in [0.1, 0.15) is 10.4 Å². The maximum absolute atomic E-state index is 10.6. The minimum Gasteiger partial charge on any atom is -0.298 e. The standard InChI is InChI=1S/C14H10N2O/c17-10-11-5-7-13(8-6-11)16-9-12-3-1-2-4-14(12)15-16/h1-10H. The predicted octanol–water partition coefficient (Wildman–Crippen LogP) is 2.84. The Labute approximate surface area is 98.3 Å². The first kappa shape index (κ1) is 9.78. The molecule has 0 aliphatic carbocycles. The number of fused-ring (bicyclic) bond motifs is 1. The van der Waals surface area contributed by atoms with Crippen LogP contribution in [0.5, 0.6) is 0 Å². The summed E-state index contributed by atoms with van der Waals surface area (Å²) in [7, 11) is 0. The van der Waals surface area contributed by atoms with Gasteiger partial charge in [0.25, 0.3) is 0 Å². The summed E-state index contributed by atoms with van der Waals surface area (Å²) in [6.07, 6.45) is 2.81. The van der Waals surface area contributed by atoms with Crippen LogP contribution in [0.15, 0.2) is 54.7 Å². The lowest BCUT2D eigenvalue weighted by Crippen LogP contribution is -1.94. The van der Waals surface area contributed by atoms with E-state index in [-0.39, 0.29) is 0 Å². The molecule has 0 bridgehead atoms. The fraction of sp³-hybridized carbons (Fsp3) is 0. The highest BCUT2D eigenvalue weighted by atomic mass is 16.1. The van der Waals surface area contributed by atoms with E-state index >= 15 is 0 Å². The lowest BCUT2D eigenvalue weighted by molar-refractivity contribution is 0.112. The predicted molar refractivity (Wildman–Crippen MR) is 66.5 cm³/mol. The van der Waals surface area contributed by atoms with Gasteiger partial charge in [-0.05, 0) is 30.3 Å². The van der Waals surface area contributed by atoms with Crippen molar-refractivity contribution >= 4 is 17.2 Å². The fourth-order valence-corrected chi connectivity index (χ4v) is 1.80. The Balaban J connectivity index is 2.10. The third kappa shape index (κ3) is 1.72. The molecule has 0 aliphatic rings. The third-order valence-electron chi connectivity index (χ3n) is 2.71. The van der Waals surface area contributed by atoms with Crippen LogP contribution in [-0.2, 0) is 0 Å². The number of carbonyl (C=O) groups is 1. The molecule has 1 aromatic heterocycles. The monoisotopic (exact) mass is 222 g/mol. The van der Waals surface area contributed by atoms with E-state index in [1.807, 2.05) is 47.3 Å². The molecule has 0 atom stereocenters. The SMILES string of the molecule is O=Cc1ccc(-n2cc3ccccc3n2)cc1. The molecule has 0 saturated heterocycles. The maximum Gasteiger partial charge on any atom is 0.150 e. The Morgan fingerprint density at radius 1 is 1.00 bits per heavy atom. The summed E-state index contributed by atoms with van der Waals surface area (Å²) >= 11 is 0. The maximum atomic E-state index is 10.6. The highest BCUT2D eigenvalue weighted by Gasteiger charge is 2.01. The van der Waals surface area contributed by atoms with Crippen molar-refractivity contribution in [2.75, 3.05) is 0 Å². The number of rotatable bonds is 2. The molecule has 3 nitrogen and oxygen atoms in total. The van der Waals surface area contributed by atoms with E-state index in [0.29, 0.717) is 5.56 Å². The van der Waals surface area contributed by atoms with E-state index in [4.69, 9.17) is 0 Å². The topological polar surface area (TPSA) is 34.9 Å². The second-order valence-corrected chi connectivity index (χ2v) is 3.84. The molecule has 0 unspecified atom stereocenters. The molecule has 2 aromatic carbocycles. The summed E-state index contributed by atoms with van der Waals surface area (Å²) < 4.78 is 1.82. The normalized spacial score (nSPS) is 10.6. The van der Waals surface area contributed by atoms with Gasteiger partial charge in [0, 0.05) is 17.1 Å². The summed E-state index contributed by atoms with van der Waals surface area (Å²) in [4.78, 5) is 10.6. The van der Waals surface area contributed by atoms with Crippen molar-refractivity contribution in [3.8, 4) is 5.69 Å². The van der Waals surface area contributed by atoms with Gasteiger partial charge in [0.15, 0.2) is 0 Å². The summed E-state index contributed by atoms with van der Waals surface area (Å²) in [5, 5.41) is 5.57. The molecule has 82 valence electrons. The quantitative estimate of drug-likeness (QED) is 0.625. The van der Waals surface area contributed by atoms with Crippen LogP contribution in [0.4, 0.5) is 0 Å². The number of benzene rings is 2. The molecule has 17 heavy (non-hydrogen) atoms. The first-order chi connectivity index (χ1) is 8.36. The van der Waals surface area contributed by atoms with Crippen LogP contribution < -0.4 is 0 Å². The van der Waals surface area contributed by atoms with Gasteiger partial charge in [-0.15, -0.1) is 0 Å². The number of nitrogens with zero attached hydrogens (tertiary/aromatic N) is 2. The second-order valence-electron chi connectivity index (χ2n) is 3.84. The van der Waals surface area contributed by atoms with Gasteiger partial charge in [-0.1, -0.05) is 18.2 Å². The Bertz CT molecular complexity index is 635. The lowest BCUT2D eigenvalue weighted by atomic mass is 10.2. The molecule has 0 radical (unpaired) electrons. The number of hydrogen-bond donors (Lipinski definition) is 0. The van der Waals surface area contributed by atoms with Crippen LogP contribution in [-0.4, -0.2) is 16.1 Å². The van der Waals surface area contributed by atoms with E-state index in [9.17, 15) is 4.79 Å². The van der Waals surface area contributed by atoms with Gasteiger partial charge in [0.05, 0.1) is 11.2 Å². The first-order valence-corrected chi connectivity index (χ1v) is 5.37. The number of aldehydes is 1. The van der Waals surface area contributed by atoms with Crippen LogP contribution in [0.25, 0.3) is 16.6 Å². The molecule has 0 N–H and O–H groups in total. The van der Waals surface area contributed by atoms with Crippen molar-refractivity contribution in [2.24, 2.45) is 0 Å². The molecule has 3 rings (SSSR count). The van der Waals surface area contributed by atoms with Crippen molar-refractivity contribution < 1.29 is 4.79 Å². The molecule has 3 heteroatoms. The molecule has 0 amide bonds.